The van der Waals surface area contributed by atoms with Crippen LogP contribution in [0.15, 0.2) is 30.5 Å². The molecule has 2 aromatic rings. The number of hydrogen-bond acceptors (Lipinski definition) is 6. The second-order valence-corrected chi connectivity index (χ2v) is 10.5. The molecule has 0 bridgehead atoms. The van der Waals surface area contributed by atoms with Gasteiger partial charge in [0.15, 0.2) is 5.60 Å². The van der Waals surface area contributed by atoms with Gasteiger partial charge in [-0.15, -0.1) is 0 Å². The van der Waals surface area contributed by atoms with E-state index in [1.54, 1.807) is 24.3 Å². The first kappa shape index (κ1) is 23.4. The lowest BCUT2D eigenvalue weighted by Gasteiger charge is -2.43. The Morgan fingerprint density at radius 3 is 2.41 bits per heavy atom. The third kappa shape index (κ3) is 5.01. The molecule has 0 N–H and O–H groups in total. The third-order valence-electron chi connectivity index (χ3n) is 7.39. The van der Waals surface area contributed by atoms with Crippen LogP contribution < -0.4 is 9.64 Å². The quantitative estimate of drug-likeness (QED) is 0.647. The number of fused-ring (bicyclic) bond motifs is 1. The molecule has 3 heterocycles. The normalized spacial score (nSPS) is 19.9. The van der Waals surface area contributed by atoms with Gasteiger partial charge in [-0.1, -0.05) is 18.0 Å². The molecule has 34 heavy (non-hydrogen) atoms. The number of nitrogens with zero attached hydrogens (tertiary/aromatic N) is 5. The fourth-order valence-corrected chi connectivity index (χ4v) is 5.21. The number of hydrogen-bond donors (Lipinski definition) is 0. The van der Waals surface area contributed by atoms with E-state index < -0.39 is 5.60 Å². The van der Waals surface area contributed by atoms with Gasteiger partial charge < -0.3 is 14.5 Å². The minimum Gasteiger partial charge on any atom is -0.478 e. The summed E-state index contributed by atoms with van der Waals surface area (Å²) in [6.07, 6.45) is 7.55. The van der Waals surface area contributed by atoms with Crippen LogP contribution in [0.3, 0.4) is 0 Å². The van der Waals surface area contributed by atoms with Gasteiger partial charge in [0.1, 0.15) is 5.75 Å². The molecular weight excluding hydrogens is 450 g/mol. The maximum Gasteiger partial charge on any atom is 0.266 e. The molecular formula is C26H34ClN5O2. The van der Waals surface area contributed by atoms with Gasteiger partial charge in [-0.3, -0.25) is 9.69 Å². The van der Waals surface area contributed by atoms with Crippen LogP contribution in [-0.2, 0) is 17.6 Å². The van der Waals surface area contributed by atoms with E-state index in [-0.39, 0.29) is 5.91 Å². The van der Waals surface area contributed by atoms with Crippen molar-refractivity contribution >= 4 is 23.5 Å². The van der Waals surface area contributed by atoms with Gasteiger partial charge in [-0.25, -0.2) is 9.97 Å². The number of piperazine rings is 1. The topological polar surface area (TPSA) is 61.8 Å². The number of carbonyl (C=O) groups excluding carboxylic acids is 1. The number of halogens is 1. The summed E-state index contributed by atoms with van der Waals surface area (Å²) in [5.41, 5.74) is 1.24. The predicted molar refractivity (Wildman–Crippen MR) is 134 cm³/mol. The summed E-state index contributed by atoms with van der Waals surface area (Å²) in [6.45, 7) is 9.07. The highest BCUT2D eigenvalue weighted by Gasteiger charge is 2.35. The number of amides is 1. The van der Waals surface area contributed by atoms with E-state index in [2.05, 4.69) is 9.80 Å². The average Bonchev–Trinajstić information content (AvgIpc) is 3.01. The zero-order valence-corrected chi connectivity index (χ0v) is 20.9. The first-order valence-electron chi connectivity index (χ1n) is 12.5. The lowest BCUT2D eigenvalue weighted by Crippen LogP contribution is -2.52. The Labute approximate surface area is 207 Å². The van der Waals surface area contributed by atoms with Crippen LogP contribution >= 0.6 is 11.6 Å². The highest BCUT2D eigenvalue weighted by Crippen LogP contribution is 2.27. The molecule has 1 saturated heterocycles. The molecule has 0 unspecified atom stereocenters. The van der Waals surface area contributed by atoms with E-state index in [4.69, 9.17) is 26.3 Å². The molecule has 8 heteroatoms. The maximum atomic E-state index is 13.4. The van der Waals surface area contributed by atoms with Gasteiger partial charge in [0, 0.05) is 63.0 Å². The van der Waals surface area contributed by atoms with E-state index in [0.717, 1.165) is 62.3 Å². The Morgan fingerprint density at radius 2 is 1.74 bits per heavy atom. The molecule has 1 aliphatic carbocycles. The summed E-state index contributed by atoms with van der Waals surface area (Å²) < 4.78 is 6.04. The van der Waals surface area contributed by atoms with Gasteiger partial charge in [0.2, 0.25) is 5.95 Å². The van der Waals surface area contributed by atoms with Crippen LogP contribution in [0.2, 0.25) is 5.02 Å². The second kappa shape index (κ2) is 9.70. The lowest BCUT2D eigenvalue weighted by molar-refractivity contribution is -0.145. The maximum absolute atomic E-state index is 13.4. The zero-order chi connectivity index (χ0) is 23.7. The zero-order valence-electron chi connectivity index (χ0n) is 20.2. The summed E-state index contributed by atoms with van der Waals surface area (Å²) in [4.78, 5) is 29.8. The second-order valence-electron chi connectivity index (χ2n) is 10.1. The molecule has 5 rings (SSSR count). The third-order valence-corrected chi connectivity index (χ3v) is 7.64. The Morgan fingerprint density at radius 1 is 1.03 bits per heavy atom. The Bertz CT molecular complexity index is 1020. The SMILES string of the molecule is CC(C)(Oc1ccc(Cl)cc1)C(=O)N1CCc2cnc(N3CCN(C4CCC4)CC3)nc2CC1. The van der Waals surface area contributed by atoms with E-state index in [9.17, 15) is 4.79 Å². The molecule has 0 atom stereocenters. The molecule has 7 nitrogen and oxygen atoms in total. The number of rotatable bonds is 5. The number of carbonyl (C=O) groups is 1. The summed E-state index contributed by atoms with van der Waals surface area (Å²) in [6, 6.07) is 7.91. The molecule has 2 aliphatic heterocycles. The van der Waals surface area contributed by atoms with E-state index in [1.165, 1.54) is 19.3 Å². The highest BCUT2D eigenvalue weighted by atomic mass is 35.5. The summed E-state index contributed by atoms with van der Waals surface area (Å²) in [5, 5.41) is 0.641. The van der Waals surface area contributed by atoms with E-state index in [0.29, 0.717) is 23.9 Å². The van der Waals surface area contributed by atoms with Crippen molar-refractivity contribution in [1.29, 1.82) is 0 Å². The Kier molecular flexibility index (Phi) is 6.67. The summed E-state index contributed by atoms with van der Waals surface area (Å²) in [5.74, 6) is 1.45. The molecule has 182 valence electrons. The number of anilines is 1. The van der Waals surface area contributed by atoms with Crippen LogP contribution in [-0.4, -0.2) is 76.6 Å². The van der Waals surface area contributed by atoms with E-state index in [1.807, 2.05) is 24.9 Å². The van der Waals surface area contributed by atoms with Crippen molar-refractivity contribution in [1.82, 2.24) is 19.8 Å². The van der Waals surface area contributed by atoms with Crippen molar-refractivity contribution in [2.75, 3.05) is 44.2 Å². The van der Waals surface area contributed by atoms with Crippen molar-refractivity contribution in [3.63, 3.8) is 0 Å². The Balaban J connectivity index is 1.20. The van der Waals surface area contributed by atoms with Crippen LogP contribution in [0, 0.1) is 0 Å². The van der Waals surface area contributed by atoms with Gasteiger partial charge in [0.05, 0.1) is 5.69 Å². The molecule has 0 radical (unpaired) electrons. The molecule has 1 aromatic heterocycles. The van der Waals surface area contributed by atoms with Crippen molar-refractivity contribution in [2.24, 2.45) is 0 Å². The molecule has 2 fully saturated rings. The molecule has 1 saturated carbocycles. The van der Waals surface area contributed by atoms with Gasteiger partial charge in [-0.2, -0.15) is 0 Å². The molecule has 1 aromatic carbocycles. The Hall–Kier alpha value is -2.38. The fourth-order valence-electron chi connectivity index (χ4n) is 5.08. The van der Waals surface area contributed by atoms with Gasteiger partial charge >= 0.3 is 0 Å². The summed E-state index contributed by atoms with van der Waals surface area (Å²) in [7, 11) is 0. The minimum absolute atomic E-state index is 0.0180. The smallest absolute Gasteiger partial charge is 0.266 e. The number of benzene rings is 1. The number of aromatic nitrogens is 2. The monoisotopic (exact) mass is 483 g/mol. The van der Waals surface area contributed by atoms with Gasteiger partial charge in [-0.05, 0) is 62.9 Å². The van der Waals surface area contributed by atoms with Crippen molar-refractivity contribution in [2.45, 2.75) is 57.6 Å². The van der Waals surface area contributed by atoms with Crippen LogP contribution in [0.5, 0.6) is 5.75 Å². The standard InChI is InChI=1S/C26H34ClN5O2/c1-26(2,34-22-8-6-20(27)7-9-22)24(33)31-12-10-19-18-28-25(29-23(19)11-13-31)32-16-14-30(15-17-32)21-4-3-5-21/h6-9,18,21H,3-5,10-17H2,1-2H3. The first-order valence-corrected chi connectivity index (χ1v) is 12.8. The molecule has 3 aliphatic rings. The largest absolute Gasteiger partial charge is 0.478 e. The highest BCUT2D eigenvalue weighted by molar-refractivity contribution is 6.30. The van der Waals surface area contributed by atoms with Crippen LogP contribution in [0.25, 0.3) is 0 Å². The van der Waals surface area contributed by atoms with Crippen molar-refractivity contribution < 1.29 is 9.53 Å². The van der Waals surface area contributed by atoms with E-state index >= 15 is 0 Å². The molecule has 0 spiro atoms. The lowest BCUT2D eigenvalue weighted by atomic mass is 9.91. The fraction of sp³-hybridized carbons (Fsp3) is 0.577. The number of ether oxygens (including phenoxy) is 1. The molecule has 1 amide bonds. The van der Waals surface area contributed by atoms with Gasteiger partial charge in [0.25, 0.3) is 5.91 Å². The average molecular weight is 484 g/mol. The van der Waals surface area contributed by atoms with Crippen molar-refractivity contribution in [3.05, 3.63) is 46.7 Å². The van der Waals surface area contributed by atoms with Crippen molar-refractivity contribution in [3.8, 4) is 5.75 Å². The van der Waals surface area contributed by atoms with Crippen LogP contribution in [0.1, 0.15) is 44.4 Å². The predicted octanol–water partition coefficient (Wildman–Crippen LogP) is 3.59. The van der Waals surface area contributed by atoms with Crippen LogP contribution in [0.4, 0.5) is 5.95 Å². The first-order chi connectivity index (χ1) is 16.4. The minimum atomic E-state index is -0.971. The summed E-state index contributed by atoms with van der Waals surface area (Å²) >= 11 is 5.97.